The van der Waals surface area contributed by atoms with Gasteiger partial charge in [-0.3, -0.25) is 4.90 Å². The SMILES string of the molecule is Cc1sc2ncnc(NC[C@@H](c3ccco3)N(C)C)c2c1C. The minimum atomic E-state index is 0.153. The number of thiophene rings is 1. The van der Waals surface area contributed by atoms with Crippen molar-refractivity contribution in [3.8, 4) is 0 Å². The molecule has 0 radical (unpaired) electrons. The molecule has 0 bridgehead atoms. The first-order chi connectivity index (χ1) is 10.6. The van der Waals surface area contributed by atoms with Crippen LogP contribution in [0.2, 0.25) is 0 Å². The van der Waals surface area contributed by atoms with Gasteiger partial charge in [0.1, 0.15) is 22.7 Å². The molecule has 3 heterocycles. The summed E-state index contributed by atoms with van der Waals surface area (Å²) in [5.41, 5.74) is 1.25. The molecular weight excluding hydrogens is 296 g/mol. The van der Waals surface area contributed by atoms with E-state index < -0.39 is 0 Å². The molecule has 0 amide bonds. The highest BCUT2D eigenvalue weighted by atomic mass is 32.1. The minimum absolute atomic E-state index is 0.153. The van der Waals surface area contributed by atoms with Crippen LogP contribution in [-0.4, -0.2) is 35.5 Å². The van der Waals surface area contributed by atoms with Gasteiger partial charge in [-0.25, -0.2) is 9.97 Å². The first-order valence-corrected chi connectivity index (χ1v) is 8.04. The Kier molecular flexibility index (Phi) is 4.13. The number of hydrogen-bond donors (Lipinski definition) is 1. The second-order valence-corrected chi connectivity index (χ2v) is 6.76. The molecule has 6 heteroatoms. The van der Waals surface area contributed by atoms with Gasteiger partial charge in [-0.1, -0.05) is 0 Å². The second-order valence-electron chi connectivity index (χ2n) is 5.56. The maximum Gasteiger partial charge on any atom is 0.138 e. The van der Waals surface area contributed by atoms with Crippen LogP contribution in [0.4, 0.5) is 5.82 Å². The lowest BCUT2D eigenvalue weighted by Crippen LogP contribution is -2.26. The van der Waals surface area contributed by atoms with Gasteiger partial charge in [-0.15, -0.1) is 11.3 Å². The molecule has 0 aliphatic rings. The molecule has 0 spiro atoms. The van der Waals surface area contributed by atoms with Crippen LogP contribution >= 0.6 is 11.3 Å². The average Bonchev–Trinajstić information content (AvgIpc) is 3.09. The highest BCUT2D eigenvalue weighted by Gasteiger charge is 2.18. The van der Waals surface area contributed by atoms with E-state index in [2.05, 4.69) is 34.0 Å². The topological polar surface area (TPSA) is 54.2 Å². The number of nitrogens with zero attached hydrogens (tertiary/aromatic N) is 3. The lowest BCUT2D eigenvalue weighted by molar-refractivity contribution is 0.269. The van der Waals surface area contributed by atoms with E-state index in [9.17, 15) is 0 Å². The van der Waals surface area contributed by atoms with Crippen molar-refractivity contribution < 1.29 is 4.42 Å². The Hall–Kier alpha value is -1.92. The van der Waals surface area contributed by atoms with E-state index in [1.165, 1.54) is 10.4 Å². The average molecular weight is 316 g/mol. The fourth-order valence-electron chi connectivity index (χ4n) is 2.53. The number of likely N-dealkylation sites (N-methyl/N-ethyl adjacent to an activating group) is 1. The summed E-state index contributed by atoms with van der Waals surface area (Å²) in [5, 5.41) is 4.59. The zero-order chi connectivity index (χ0) is 15.7. The van der Waals surface area contributed by atoms with Gasteiger partial charge in [0, 0.05) is 11.4 Å². The Morgan fingerprint density at radius 3 is 2.82 bits per heavy atom. The van der Waals surface area contributed by atoms with E-state index >= 15 is 0 Å². The third-order valence-electron chi connectivity index (χ3n) is 3.92. The fourth-order valence-corrected chi connectivity index (χ4v) is 3.53. The third-order valence-corrected chi connectivity index (χ3v) is 5.04. The summed E-state index contributed by atoms with van der Waals surface area (Å²) in [5.74, 6) is 1.84. The molecule has 3 aromatic heterocycles. The van der Waals surface area contributed by atoms with Gasteiger partial charge in [-0.2, -0.15) is 0 Å². The van der Waals surface area contributed by atoms with Crippen molar-refractivity contribution >= 4 is 27.4 Å². The van der Waals surface area contributed by atoms with E-state index in [-0.39, 0.29) is 6.04 Å². The fraction of sp³-hybridized carbons (Fsp3) is 0.375. The number of aryl methyl sites for hydroxylation is 2. The smallest absolute Gasteiger partial charge is 0.138 e. The Labute approximate surface area is 134 Å². The molecule has 116 valence electrons. The quantitative estimate of drug-likeness (QED) is 0.779. The molecule has 1 N–H and O–H groups in total. The zero-order valence-electron chi connectivity index (χ0n) is 13.3. The van der Waals surface area contributed by atoms with Crippen LogP contribution in [0.5, 0.6) is 0 Å². The van der Waals surface area contributed by atoms with Gasteiger partial charge in [0.15, 0.2) is 0 Å². The second kappa shape index (κ2) is 6.06. The zero-order valence-corrected chi connectivity index (χ0v) is 14.1. The normalized spacial score (nSPS) is 13.0. The molecule has 0 aromatic carbocycles. The van der Waals surface area contributed by atoms with Crippen LogP contribution in [0.3, 0.4) is 0 Å². The molecular formula is C16H20N4OS. The number of rotatable bonds is 5. The summed E-state index contributed by atoms with van der Waals surface area (Å²) in [6.07, 6.45) is 3.33. The Morgan fingerprint density at radius 1 is 1.32 bits per heavy atom. The number of furan rings is 1. The summed E-state index contributed by atoms with van der Waals surface area (Å²) >= 11 is 1.71. The molecule has 3 aromatic rings. The predicted octanol–water partition coefficient (Wildman–Crippen LogP) is 3.62. The molecule has 0 saturated carbocycles. The largest absolute Gasteiger partial charge is 0.468 e. The van der Waals surface area contributed by atoms with E-state index in [0.29, 0.717) is 0 Å². The molecule has 22 heavy (non-hydrogen) atoms. The van der Waals surface area contributed by atoms with Crippen LogP contribution < -0.4 is 5.32 Å². The van der Waals surface area contributed by atoms with Gasteiger partial charge < -0.3 is 9.73 Å². The number of fused-ring (bicyclic) bond motifs is 1. The lowest BCUT2D eigenvalue weighted by Gasteiger charge is -2.23. The number of aromatic nitrogens is 2. The van der Waals surface area contributed by atoms with Crippen molar-refractivity contribution in [2.45, 2.75) is 19.9 Å². The van der Waals surface area contributed by atoms with Crippen molar-refractivity contribution in [1.82, 2.24) is 14.9 Å². The van der Waals surface area contributed by atoms with Crippen molar-refractivity contribution in [3.05, 3.63) is 40.9 Å². The summed E-state index contributed by atoms with van der Waals surface area (Å²) in [7, 11) is 4.09. The van der Waals surface area contributed by atoms with Gasteiger partial charge in [0.05, 0.1) is 17.7 Å². The lowest BCUT2D eigenvalue weighted by atomic mass is 10.2. The predicted molar refractivity (Wildman–Crippen MR) is 90.5 cm³/mol. The summed E-state index contributed by atoms with van der Waals surface area (Å²) in [4.78, 5) is 13.3. The molecule has 0 aliphatic heterocycles. The summed E-state index contributed by atoms with van der Waals surface area (Å²) < 4.78 is 5.55. The number of anilines is 1. The van der Waals surface area contributed by atoms with Crippen molar-refractivity contribution in [3.63, 3.8) is 0 Å². The van der Waals surface area contributed by atoms with Crippen LogP contribution in [0, 0.1) is 13.8 Å². The van der Waals surface area contributed by atoms with Crippen molar-refractivity contribution in [1.29, 1.82) is 0 Å². The molecule has 0 fully saturated rings. The number of hydrogen-bond acceptors (Lipinski definition) is 6. The minimum Gasteiger partial charge on any atom is -0.468 e. The van der Waals surface area contributed by atoms with Crippen LogP contribution in [0.15, 0.2) is 29.1 Å². The summed E-state index contributed by atoms with van der Waals surface area (Å²) in [6, 6.07) is 4.07. The van der Waals surface area contributed by atoms with Gasteiger partial charge in [0.2, 0.25) is 0 Å². The first kappa shape index (κ1) is 15.0. The van der Waals surface area contributed by atoms with Gasteiger partial charge in [0.25, 0.3) is 0 Å². The molecule has 3 rings (SSSR count). The van der Waals surface area contributed by atoms with Crippen LogP contribution in [0.1, 0.15) is 22.2 Å². The van der Waals surface area contributed by atoms with Crippen LogP contribution in [0.25, 0.3) is 10.2 Å². The number of nitrogens with one attached hydrogen (secondary N) is 1. The van der Waals surface area contributed by atoms with Gasteiger partial charge in [-0.05, 0) is 45.6 Å². The molecule has 1 atom stereocenters. The van der Waals surface area contributed by atoms with E-state index in [1.54, 1.807) is 23.9 Å². The van der Waals surface area contributed by atoms with E-state index in [4.69, 9.17) is 4.42 Å². The standard InChI is InChI=1S/C16H20N4OS/c1-10-11(2)22-16-14(10)15(18-9-19-16)17-8-12(20(3)4)13-6-5-7-21-13/h5-7,9,12H,8H2,1-4H3,(H,17,18,19)/t12-/m0/s1. The molecule has 0 unspecified atom stereocenters. The Bertz CT molecular complexity index is 764. The van der Waals surface area contributed by atoms with E-state index in [0.717, 1.165) is 28.3 Å². The molecule has 0 aliphatic carbocycles. The Morgan fingerprint density at radius 2 is 2.14 bits per heavy atom. The monoisotopic (exact) mass is 316 g/mol. The third kappa shape index (κ3) is 2.71. The van der Waals surface area contributed by atoms with Gasteiger partial charge >= 0.3 is 0 Å². The highest BCUT2D eigenvalue weighted by molar-refractivity contribution is 7.18. The van der Waals surface area contributed by atoms with Crippen molar-refractivity contribution in [2.24, 2.45) is 0 Å². The van der Waals surface area contributed by atoms with E-state index in [1.807, 2.05) is 26.2 Å². The first-order valence-electron chi connectivity index (χ1n) is 7.22. The molecule has 5 nitrogen and oxygen atoms in total. The summed E-state index contributed by atoms with van der Waals surface area (Å²) in [6.45, 7) is 4.97. The highest BCUT2D eigenvalue weighted by Crippen LogP contribution is 2.32. The van der Waals surface area contributed by atoms with Crippen LogP contribution in [-0.2, 0) is 0 Å². The Balaban J connectivity index is 1.87. The maximum absolute atomic E-state index is 5.55. The molecule has 0 saturated heterocycles. The maximum atomic E-state index is 5.55. The van der Waals surface area contributed by atoms with Crippen molar-refractivity contribution in [2.75, 3.05) is 26.0 Å².